The molecular formula is C35H26N2O. The van der Waals surface area contributed by atoms with Crippen LogP contribution in [0.5, 0.6) is 0 Å². The van der Waals surface area contributed by atoms with Crippen molar-refractivity contribution in [3.8, 4) is 27.9 Å². The van der Waals surface area contributed by atoms with E-state index in [2.05, 4.69) is 102 Å². The van der Waals surface area contributed by atoms with E-state index in [4.69, 9.17) is 0 Å². The third-order valence-corrected chi connectivity index (χ3v) is 7.59. The van der Waals surface area contributed by atoms with Crippen molar-refractivity contribution in [2.45, 2.75) is 6.92 Å². The van der Waals surface area contributed by atoms with E-state index in [0.717, 1.165) is 33.2 Å². The summed E-state index contributed by atoms with van der Waals surface area (Å²) in [7, 11) is 1.99. The molecule has 0 amide bonds. The lowest BCUT2D eigenvalue weighted by atomic mass is 10.0. The lowest BCUT2D eigenvalue weighted by Gasteiger charge is -2.12. The molecule has 0 fully saturated rings. The van der Waals surface area contributed by atoms with Crippen molar-refractivity contribution in [2.24, 2.45) is 7.05 Å². The van der Waals surface area contributed by atoms with Crippen molar-refractivity contribution in [1.29, 1.82) is 0 Å². The van der Waals surface area contributed by atoms with Gasteiger partial charge in [-0.1, -0.05) is 72.8 Å². The minimum absolute atomic E-state index is 0.0819. The first kappa shape index (κ1) is 22.3. The third kappa shape index (κ3) is 3.47. The van der Waals surface area contributed by atoms with Crippen LogP contribution in [0.4, 0.5) is 0 Å². The third-order valence-electron chi connectivity index (χ3n) is 7.59. The summed E-state index contributed by atoms with van der Waals surface area (Å²) in [4.78, 5) is 13.1. The molecule has 0 aliphatic carbocycles. The molecule has 0 N–H and O–H groups in total. The molecule has 0 saturated heterocycles. The van der Waals surface area contributed by atoms with E-state index in [-0.39, 0.29) is 5.43 Å². The van der Waals surface area contributed by atoms with Crippen LogP contribution in [0.3, 0.4) is 0 Å². The monoisotopic (exact) mass is 490 g/mol. The van der Waals surface area contributed by atoms with Crippen LogP contribution in [0.15, 0.2) is 126 Å². The van der Waals surface area contributed by atoms with E-state index in [0.29, 0.717) is 0 Å². The van der Waals surface area contributed by atoms with Crippen LogP contribution in [0.2, 0.25) is 0 Å². The first-order valence-electron chi connectivity index (χ1n) is 12.9. The molecule has 2 heterocycles. The van der Waals surface area contributed by atoms with E-state index in [1.807, 2.05) is 42.9 Å². The number of aromatic nitrogens is 2. The highest BCUT2D eigenvalue weighted by Crippen LogP contribution is 2.37. The molecule has 0 radical (unpaired) electrons. The molecule has 7 aromatic rings. The Balaban J connectivity index is 1.55. The molecule has 38 heavy (non-hydrogen) atoms. The van der Waals surface area contributed by atoms with Gasteiger partial charge in [0, 0.05) is 40.7 Å². The second kappa shape index (κ2) is 8.60. The average molecular weight is 491 g/mol. The Labute approximate surface area is 220 Å². The molecule has 0 aliphatic rings. The van der Waals surface area contributed by atoms with Crippen molar-refractivity contribution in [1.82, 2.24) is 9.13 Å². The maximum Gasteiger partial charge on any atom is 0.192 e. The quantitative estimate of drug-likeness (QED) is 0.245. The summed E-state index contributed by atoms with van der Waals surface area (Å²) in [6.45, 7) is 1.88. The number of pyridine rings is 1. The Morgan fingerprint density at radius 1 is 0.526 bits per heavy atom. The van der Waals surface area contributed by atoms with Crippen LogP contribution in [-0.4, -0.2) is 9.13 Å². The van der Waals surface area contributed by atoms with Crippen LogP contribution >= 0.6 is 0 Å². The summed E-state index contributed by atoms with van der Waals surface area (Å²) in [5.41, 5.74) is 9.75. The molecule has 0 saturated carbocycles. The van der Waals surface area contributed by atoms with Gasteiger partial charge in [0.2, 0.25) is 0 Å². The Kier molecular flexibility index (Phi) is 5.05. The second-order valence-electron chi connectivity index (χ2n) is 9.98. The van der Waals surface area contributed by atoms with Crippen molar-refractivity contribution < 1.29 is 0 Å². The van der Waals surface area contributed by atoms with Crippen LogP contribution < -0.4 is 5.43 Å². The molecule has 0 unspecified atom stereocenters. The molecule has 0 spiro atoms. The summed E-state index contributed by atoms with van der Waals surface area (Å²) >= 11 is 0. The van der Waals surface area contributed by atoms with Gasteiger partial charge in [-0.3, -0.25) is 4.79 Å². The highest BCUT2D eigenvalue weighted by atomic mass is 16.1. The summed E-state index contributed by atoms with van der Waals surface area (Å²) in [5.74, 6) is 0. The van der Waals surface area contributed by atoms with Crippen molar-refractivity contribution in [3.63, 3.8) is 0 Å². The smallest absolute Gasteiger partial charge is 0.192 e. The van der Waals surface area contributed by atoms with E-state index in [1.54, 1.807) is 0 Å². The van der Waals surface area contributed by atoms with Gasteiger partial charge in [0.15, 0.2) is 5.43 Å². The van der Waals surface area contributed by atoms with E-state index < -0.39 is 0 Å². The van der Waals surface area contributed by atoms with E-state index >= 15 is 0 Å². The molecule has 3 heteroatoms. The maximum atomic E-state index is 13.1. The van der Waals surface area contributed by atoms with Crippen molar-refractivity contribution in [2.75, 3.05) is 0 Å². The predicted molar refractivity (Wildman–Crippen MR) is 159 cm³/mol. The second-order valence-corrected chi connectivity index (χ2v) is 9.98. The maximum absolute atomic E-state index is 13.1. The van der Waals surface area contributed by atoms with Gasteiger partial charge in [-0.15, -0.1) is 0 Å². The normalized spacial score (nSPS) is 11.5. The number of nitrogens with zero attached hydrogens (tertiary/aromatic N) is 2. The summed E-state index contributed by atoms with van der Waals surface area (Å²) < 4.78 is 4.31. The summed E-state index contributed by atoms with van der Waals surface area (Å²) in [6.07, 6.45) is 1.90. The highest BCUT2D eigenvalue weighted by Gasteiger charge is 2.16. The van der Waals surface area contributed by atoms with Gasteiger partial charge in [-0.05, 0) is 71.6 Å². The molecule has 182 valence electrons. The van der Waals surface area contributed by atoms with Gasteiger partial charge in [0.1, 0.15) is 0 Å². The number of benzene rings is 5. The lowest BCUT2D eigenvalue weighted by molar-refractivity contribution is 0.938. The number of fused-ring (bicyclic) bond motifs is 4. The molecule has 5 aromatic carbocycles. The molecule has 0 aliphatic heterocycles. The van der Waals surface area contributed by atoms with Crippen molar-refractivity contribution in [3.05, 3.63) is 137 Å². The van der Waals surface area contributed by atoms with Crippen LogP contribution in [-0.2, 0) is 7.05 Å². The number of aryl methyl sites for hydroxylation is 2. The number of rotatable bonds is 3. The fourth-order valence-electron chi connectivity index (χ4n) is 5.71. The Bertz CT molecular complexity index is 1950. The van der Waals surface area contributed by atoms with Gasteiger partial charge in [0.05, 0.1) is 16.6 Å². The van der Waals surface area contributed by atoms with Crippen LogP contribution in [0, 0.1) is 6.92 Å². The van der Waals surface area contributed by atoms with Crippen LogP contribution in [0.1, 0.15) is 5.56 Å². The minimum atomic E-state index is 0.0819. The first-order valence-corrected chi connectivity index (χ1v) is 12.9. The predicted octanol–water partition coefficient (Wildman–Crippen LogP) is 8.28. The SMILES string of the molecule is Cc1cn(C)c2ccc(-n3c4ccc(-c5ccccc5)cc4c4cc(-c5ccccc5)ccc43)cc2c1=O. The fourth-order valence-corrected chi connectivity index (χ4v) is 5.71. The Morgan fingerprint density at radius 3 is 1.61 bits per heavy atom. The lowest BCUT2D eigenvalue weighted by Crippen LogP contribution is -2.10. The Hall–Kier alpha value is -4.89. The molecule has 0 atom stereocenters. The zero-order valence-electron chi connectivity index (χ0n) is 21.3. The zero-order chi connectivity index (χ0) is 25.8. The minimum Gasteiger partial charge on any atom is -0.350 e. The summed E-state index contributed by atoms with van der Waals surface area (Å²) in [5, 5.41) is 3.12. The fraction of sp³-hybridized carbons (Fsp3) is 0.0571. The molecule has 7 rings (SSSR count). The van der Waals surface area contributed by atoms with Gasteiger partial charge < -0.3 is 9.13 Å². The van der Waals surface area contributed by atoms with Gasteiger partial charge in [-0.2, -0.15) is 0 Å². The number of hydrogen-bond acceptors (Lipinski definition) is 1. The van der Waals surface area contributed by atoms with E-state index in [9.17, 15) is 4.79 Å². The zero-order valence-corrected chi connectivity index (χ0v) is 21.3. The van der Waals surface area contributed by atoms with E-state index in [1.165, 1.54) is 33.0 Å². The number of hydrogen-bond donors (Lipinski definition) is 0. The van der Waals surface area contributed by atoms with Gasteiger partial charge in [-0.25, -0.2) is 0 Å². The average Bonchev–Trinajstić information content (AvgIpc) is 3.29. The molecule has 0 bridgehead atoms. The molecular weight excluding hydrogens is 464 g/mol. The van der Waals surface area contributed by atoms with Crippen molar-refractivity contribution >= 4 is 32.7 Å². The highest BCUT2D eigenvalue weighted by molar-refractivity contribution is 6.11. The molecule has 2 aromatic heterocycles. The van der Waals surface area contributed by atoms with Gasteiger partial charge >= 0.3 is 0 Å². The van der Waals surface area contributed by atoms with Crippen LogP contribution in [0.25, 0.3) is 60.6 Å². The molecule has 3 nitrogen and oxygen atoms in total. The Morgan fingerprint density at radius 2 is 1.05 bits per heavy atom. The standard InChI is InChI=1S/C35H26N2O/c1-23-22-36(2)32-18-15-28(21-31(32)35(23)38)37-33-16-13-26(24-9-5-3-6-10-24)19-29(33)30-20-27(14-17-34(30)37)25-11-7-4-8-12-25/h3-22H,1-2H3. The first-order chi connectivity index (χ1) is 18.6. The topological polar surface area (TPSA) is 26.9 Å². The van der Waals surface area contributed by atoms with Gasteiger partial charge in [0.25, 0.3) is 0 Å². The largest absolute Gasteiger partial charge is 0.350 e. The summed E-state index contributed by atoms with van der Waals surface area (Å²) in [6, 6.07) is 40.6.